The minimum absolute atomic E-state index is 0.394. The number of nitrogens with one attached hydrogen (secondary N) is 1. The SMILES string of the molecule is COC(=O)NCCc1ccc(-c2csc(C)n2)cc1. The van der Waals surface area contributed by atoms with E-state index in [2.05, 4.69) is 44.7 Å². The zero-order valence-corrected chi connectivity index (χ0v) is 11.8. The Morgan fingerprint density at radius 2 is 2.11 bits per heavy atom. The molecule has 0 saturated carbocycles. The highest BCUT2D eigenvalue weighted by Gasteiger charge is 2.02. The molecule has 1 aromatic carbocycles. The van der Waals surface area contributed by atoms with Crippen molar-refractivity contribution in [1.29, 1.82) is 0 Å². The molecule has 0 aliphatic carbocycles. The van der Waals surface area contributed by atoms with Crippen LogP contribution in [0, 0.1) is 6.92 Å². The highest BCUT2D eigenvalue weighted by atomic mass is 32.1. The Hall–Kier alpha value is -1.88. The number of hydrogen-bond acceptors (Lipinski definition) is 4. The van der Waals surface area contributed by atoms with E-state index in [9.17, 15) is 4.79 Å². The van der Waals surface area contributed by atoms with Gasteiger partial charge >= 0.3 is 6.09 Å². The van der Waals surface area contributed by atoms with Crippen molar-refractivity contribution in [1.82, 2.24) is 10.3 Å². The van der Waals surface area contributed by atoms with E-state index >= 15 is 0 Å². The van der Waals surface area contributed by atoms with Gasteiger partial charge in [0.05, 0.1) is 17.8 Å². The summed E-state index contributed by atoms with van der Waals surface area (Å²) < 4.78 is 4.51. The number of thiazole rings is 1. The molecule has 2 rings (SSSR count). The molecule has 1 amide bonds. The minimum atomic E-state index is -0.394. The van der Waals surface area contributed by atoms with Crippen molar-refractivity contribution < 1.29 is 9.53 Å². The fraction of sp³-hybridized carbons (Fsp3) is 0.286. The van der Waals surface area contributed by atoms with E-state index in [1.54, 1.807) is 11.3 Å². The summed E-state index contributed by atoms with van der Waals surface area (Å²) in [4.78, 5) is 15.4. The molecule has 0 fully saturated rings. The monoisotopic (exact) mass is 276 g/mol. The number of aryl methyl sites for hydroxylation is 1. The van der Waals surface area contributed by atoms with Crippen LogP contribution in [-0.2, 0) is 11.2 Å². The summed E-state index contributed by atoms with van der Waals surface area (Å²) in [5.41, 5.74) is 3.31. The minimum Gasteiger partial charge on any atom is -0.453 e. The maximum atomic E-state index is 10.9. The van der Waals surface area contributed by atoms with E-state index in [0.29, 0.717) is 6.54 Å². The van der Waals surface area contributed by atoms with E-state index < -0.39 is 6.09 Å². The summed E-state index contributed by atoms with van der Waals surface area (Å²) in [5.74, 6) is 0. The smallest absolute Gasteiger partial charge is 0.406 e. The second kappa shape index (κ2) is 6.33. The summed E-state index contributed by atoms with van der Waals surface area (Å²) in [5, 5.41) is 5.79. The molecule has 0 spiro atoms. The topological polar surface area (TPSA) is 51.2 Å². The van der Waals surface area contributed by atoms with Crippen molar-refractivity contribution in [2.45, 2.75) is 13.3 Å². The second-order valence-electron chi connectivity index (χ2n) is 4.12. The number of methoxy groups -OCH3 is 1. The van der Waals surface area contributed by atoms with E-state index in [1.807, 2.05) is 6.92 Å². The van der Waals surface area contributed by atoms with Gasteiger partial charge in [-0.15, -0.1) is 11.3 Å². The fourth-order valence-electron chi connectivity index (χ4n) is 1.72. The first-order chi connectivity index (χ1) is 9.19. The highest BCUT2D eigenvalue weighted by molar-refractivity contribution is 7.09. The lowest BCUT2D eigenvalue weighted by Gasteiger charge is -2.04. The number of rotatable bonds is 4. The van der Waals surface area contributed by atoms with Crippen molar-refractivity contribution in [2.24, 2.45) is 0 Å². The average molecular weight is 276 g/mol. The third-order valence-corrected chi connectivity index (χ3v) is 3.51. The van der Waals surface area contributed by atoms with Crippen molar-refractivity contribution in [3.8, 4) is 11.3 Å². The van der Waals surface area contributed by atoms with E-state index in [1.165, 1.54) is 12.7 Å². The zero-order chi connectivity index (χ0) is 13.7. The molecule has 1 aromatic heterocycles. The first kappa shape index (κ1) is 13.5. The van der Waals surface area contributed by atoms with Crippen LogP contribution in [-0.4, -0.2) is 24.7 Å². The number of benzene rings is 1. The lowest BCUT2D eigenvalue weighted by atomic mass is 10.1. The summed E-state index contributed by atoms with van der Waals surface area (Å²) >= 11 is 1.65. The third-order valence-electron chi connectivity index (χ3n) is 2.74. The number of nitrogens with zero attached hydrogens (tertiary/aromatic N) is 1. The summed E-state index contributed by atoms with van der Waals surface area (Å²) in [6.45, 7) is 2.57. The Balaban J connectivity index is 1.93. The molecule has 5 heteroatoms. The van der Waals surface area contributed by atoms with E-state index in [0.717, 1.165) is 22.7 Å². The largest absolute Gasteiger partial charge is 0.453 e. The molecule has 1 N–H and O–H groups in total. The van der Waals surface area contributed by atoms with E-state index in [4.69, 9.17) is 0 Å². The van der Waals surface area contributed by atoms with Gasteiger partial charge in [0.2, 0.25) is 0 Å². The van der Waals surface area contributed by atoms with Crippen LogP contribution in [0.2, 0.25) is 0 Å². The van der Waals surface area contributed by atoms with Crippen LogP contribution in [0.5, 0.6) is 0 Å². The second-order valence-corrected chi connectivity index (χ2v) is 5.18. The molecule has 0 aliphatic rings. The number of alkyl carbamates (subject to hydrolysis) is 1. The van der Waals surface area contributed by atoms with Crippen molar-refractivity contribution >= 4 is 17.4 Å². The zero-order valence-electron chi connectivity index (χ0n) is 11.0. The van der Waals surface area contributed by atoms with Gasteiger partial charge in [0.15, 0.2) is 0 Å². The molecule has 19 heavy (non-hydrogen) atoms. The Morgan fingerprint density at radius 1 is 1.37 bits per heavy atom. The first-order valence-corrected chi connectivity index (χ1v) is 6.90. The third kappa shape index (κ3) is 3.79. The number of carbonyl (C=O) groups is 1. The van der Waals surface area contributed by atoms with Crippen molar-refractivity contribution in [3.63, 3.8) is 0 Å². The molecule has 4 nitrogen and oxygen atoms in total. The van der Waals surface area contributed by atoms with Gasteiger partial charge in [0, 0.05) is 17.5 Å². The normalized spacial score (nSPS) is 10.2. The van der Waals surface area contributed by atoms with Crippen molar-refractivity contribution in [2.75, 3.05) is 13.7 Å². The Bertz CT molecular complexity index is 549. The number of ether oxygens (including phenoxy) is 1. The van der Waals surface area contributed by atoms with Gasteiger partial charge in [0.1, 0.15) is 0 Å². The molecule has 0 bridgehead atoms. The molecule has 100 valence electrons. The van der Waals surface area contributed by atoms with Crippen LogP contribution in [0.25, 0.3) is 11.3 Å². The molecule has 0 atom stereocenters. The average Bonchev–Trinajstić information content (AvgIpc) is 2.86. The number of hydrogen-bond donors (Lipinski definition) is 1. The highest BCUT2D eigenvalue weighted by Crippen LogP contribution is 2.21. The quantitative estimate of drug-likeness (QED) is 0.934. The van der Waals surface area contributed by atoms with E-state index in [-0.39, 0.29) is 0 Å². The molecular formula is C14H16N2O2S. The maximum absolute atomic E-state index is 10.9. The van der Waals surface area contributed by atoms with Crippen LogP contribution < -0.4 is 5.32 Å². The van der Waals surface area contributed by atoms with Gasteiger partial charge in [-0.3, -0.25) is 0 Å². The van der Waals surface area contributed by atoms with Crippen LogP contribution >= 0.6 is 11.3 Å². The summed E-state index contributed by atoms with van der Waals surface area (Å²) in [6, 6.07) is 8.23. The Morgan fingerprint density at radius 3 is 2.68 bits per heavy atom. The maximum Gasteiger partial charge on any atom is 0.406 e. The van der Waals surface area contributed by atoms with Gasteiger partial charge in [-0.25, -0.2) is 9.78 Å². The number of amides is 1. The predicted molar refractivity (Wildman–Crippen MR) is 76.4 cm³/mol. The van der Waals surface area contributed by atoms with Gasteiger partial charge in [-0.1, -0.05) is 24.3 Å². The van der Waals surface area contributed by atoms with Crippen LogP contribution in [0.4, 0.5) is 4.79 Å². The molecule has 2 aromatic rings. The van der Waals surface area contributed by atoms with Gasteiger partial charge in [-0.2, -0.15) is 0 Å². The van der Waals surface area contributed by atoms with Crippen molar-refractivity contribution in [3.05, 3.63) is 40.2 Å². The van der Waals surface area contributed by atoms with Gasteiger partial charge < -0.3 is 10.1 Å². The number of carbonyl (C=O) groups excluding carboxylic acids is 1. The van der Waals surface area contributed by atoms with Gasteiger partial charge in [-0.05, 0) is 18.9 Å². The first-order valence-electron chi connectivity index (χ1n) is 6.02. The lowest BCUT2D eigenvalue weighted by Crippen LogP contribution is -2.25. The Labute approximate surface area is 116 Å². The van der Waals surface area contributed by atoms with Crippen LogP contribution in [0.3, 0.4) is 0 Å². The molecule has 1 heterocycles. The van der Waals surface area contributed by atoms with Crippen LogP contribution in [0.1, 0.15) is 10.6 Å². The predicted octanol–water partition coefficient (Wildman–Crippen LogP) is 3.02. The number of aromatic nitrogens is 1. The molecule has 0 aliphatic heterocycles. The van der Waals surface area contributed by atoms with Crippen LogP contribution in [0.15, 0.2) is 29.6 Å². The van der Waals surface area contributed by atoms with Gasteiger partial charge in [0.25, 0.3) is 0 Å². The summed E-state index contributed by atoms with van der Waals surface area (Å²) in [7, 11) is 1.36. The summed E-state index contributed by atoms with van der Waals surface area (Å²) in [6.07, 6.45) is 0.389. The Kier molecular flexibility index (Phi) is 4.52. The molecular weight excluding hydrogens is 260 g/mol. The lowest BCUT2D eigenvalue weighted by molar-refractivity contribution is 0.171. The molecule has 0 unspecified atom stereocenters. The standard InChI is InChI=1S/C14H16N2O2S/c1-10-16-13(9-19-10)12-5-3-11(4-6-12)7-8-15-14(17)18-2/h3-6,9H,7-8H2,1-2H3,(H,15,17). The fourth-order valence-corrected chi connectivity index (χ4v) is 2.34. The molecule has 0 radical (unpaired) electrons. The molecule has 0 saturated heterocycles.